The van der Waals surface area contributed by atoms with Crippen molar-refractivity contribution in [1.82, 2.24) is 24.8 Å². The fourth-order valence-corrected chi connectivity index (χ4v) is 2.32. The SMILES string of the molecule is CCN(CC(C)C)C(=O)N1CC(n2cc(C(=O)O)nn2)C1. The molecule has 0 radical (unpaired) electrons. The highest BCUT2D eigenvalue weighted by molar-refractivity contribution is 5.84. The second kappa shape index (κ2) is 6.11. The highest BCUT2D eigenvalue weighted by Gasteiger charge is 2.35. The number of hydrogen-bond acceptors (Lipinski definition) is 4. The van der Waals surface area contributed by atoms with Crippen molar-refractivity contribution < 1.29 is 14.7 Å². The van der Waals surface area contributed by atoms with Crippen LogP contribution in [0.15, 0.2) is 6.20 Å². The van der Waals surface area contributed by atoms with Crippen LogP contribution >= 0.6 is 0 Å². The van der Waals surface area contributed by atoms with Crippen molar-refractivity contribution in [3.63, 3.8) is 0 Å². The minimum Gasteiger partial charge on any atom is -0.476 e. The van der Waals surface area contributed by atoms with E-state index in [0.717, 1.165) is 6.54 Å². The predicted molar refractivity (Wildman–Crippen MR) is 75.1 cm³/mol. The first-order valence-electron chi connectivity index (χ1n) is 7.11. The molecule has 0 aromatic carbocycles. The monoisotopic (exact) mass is 295 g/mol. The summed E-state index contributed by atoms with van der Waals surface area (Å²) >= 11 is 0. The molecule has 1 aromatic rings. The summed E-state index contributed by atoms with van der Waals surface area (Å²) in [5, 5.41) is 16.2. The number of likely N-dealkylation sites (tertiary alicyclic amines) is 1. The van der Waals surface area contributed by atoms with E-state index >= 15 is 0 Å². The topological polar surface area (TPSA) is 91.6 Å². The number of carbonyl (C=O) groups is 2. The van der Waals surface area contributed by atoms with Gasteiger partial charge in [-0.05, 0) is 12.8 Å². The number of carbonyl (C=O) groups excluding carboxylic acids is 1. The first-order valence-corrected chi connectivity index (χ1v) is 7.11. The Bertz CT molecular complexity index is 522. The average molecular weight is 295 g/mol. The van der Waals surface area contributed by atoms with Crippen molar-refractivity contribution in [2.45, 2.75) is 26.8 Å². The fraction of sp³-hybridized carbons (Fsp3) is 0.692. The highest BCUT2D eigenvalue weighted by atomic mass is 16.4. The number of nitrogens with zero attached hydrogens (tertiary/aromatic N) is 5. The zero-order valence-electron chi connectivity index (χ0n) is 12.6. The Morgan fingerprint density at radius 1 is 1.48 bits per heavy atom. The highest BCUT2D eigenvalue weighted by Crippen LogP contribution is 2.22. The maximum atomic E-state index is 12.3. The Morgan fingerprint density at radius 2 is 2.14 bits per heavy atom. The molecule has 2 rings (SSSR count). The van der Waals surface area contributed by atoms with Gasteiger partial charge in [-0.3, -0.25) is 0 Å². The third-order valence-electron chi connectivity index (χ3n) is 3.47. The molecule has 2 heterocycles. The molecule has 0 bridgehead atoms. The van der Waals surface area contributed by atoms with Crippen LogP contribution in [-0.2, 0) is 0 Å². The van der Waals surface area contributed by atoms with Crippen LogP contribution in [0.4, 0.5) is 4.79 Å². The molecule has 0 atom stereocenters. The van der Waals surface area contributed by atoms with Gasteiger partial charge in [-0.25, -0.2) is 14.3 Å². The minimum atomic E-state index is -1.09. The van der Waals surface area contributed by atoms with E-state index < -0.39 is 5.97 Å². The molecule has 21 heavy (non-hydrogen) atoms. The molecule has 0 spiro atoms. The Labute approximate surface area is 123 Å². The Hall–Kier alpha value is -2.12. The average Bonchev–Trinajstić information content (AvgIpc) is 2.83. The molecule has 1 N–H and O–H groups in total. The number of aromatic carboxylic acids is 1. The van der Waals surface area contributed by atoms with Gasteiger partial charge < -0.3 is 14.9 Å². The van der Waals surface area contributed by atoms with E-state index in [-0.39, 0.29) is 17.8 Å². The van der Waals surface area contributed by atoms with Crippen LogP contribution in [-0.4, -0.2) is 68.1 Å². The predicted octanol–water partition coefficient (Wildman–Crippen LogP) is 0.931. The summed E-state index contributed by atoms with van der Waals surface area (Å²) in [6, 6.07) is 0.0355. The third kappa shape index (κ3) is 3.32. The van der Waals surface area contributed by atoms with Crippen LogP contribution in [0.5, 0.6) is 0 Å². The van der Waals surface area contributed by atoms with E-state index in [1.807, 2.05) is 11.8 Å². The fourth-order valence-electron chi connectivity index (χ4n) is 2.32. The van der Waals surface area contributed by atoms with Gasteiger partial charge in [-0.15, -0.1) is 5.10 Å². The van der Waals surface area contributed by atoms with Gasteiger partial charge in [0, 0.05) is 26.2 Å². The second-order valence-corrected chi connectivity index (χ2v) is 5.66. The molecule has 8 nitrogen and oxygen atoms in total. The summed E-state index contributed by atoms with van der Waals surface area (Å²) in [7, 11) is 0. The number of carboxylic acids is 1. The smallest absolute Gasteiger partial charge is 0.358 e. The lowest BCUT2D eigenvalue weighted by Gasteiger charge is -2.41. The standard InChI is InChI=1S/C13H21N5O3/c1-4-16(5-9(2)3)13(21)17-6-10(7-17)18-8-11(12(19)20)14-15-18/h8-10H,4-7H2,1-3H3,(H,19,20). The van der Waals surface area contributed by atoms with Gasteiger partial charge >= 0.3 is 12.0 Å². The molecule has 1 aliphatic rings. The molecule has 2 amide bonds. The lowest BCUT2D eigenvalue weighted by atomic mass is 10.1. The van der Waals surface area contributed by atoms with Gasteiger partial charge in [0.1, 0.15) is 0 Å². The van der Waals surface area contributed by atoms with E-state index in [1.165, 1.54) is 10.9 Å². The Kier molecular flexibility index (Phi) is 4.44. The zero-order valence-corrected chi connectivity index (χ0v) is 12.6. The van der Waals surface area contributed by atoms with Crippen molar-refractivity contribution in [3.8, 4) is 0 Å². The molecule has 116 valence electrons. The number of urea groups is 1. The molecule has 1 aromatic heterocycles. The van der Waals surface area contributed by atoms with Gasteiger partial charge in [0.25, 0.3) is 0 Å². The normalized spacial score (nSPS) is 15.1. The number of hydrogen-bond donors (Lipinski definition) is 1. The summed E-state index contributed by atoms with van der Waals surface area (Å²) in [5.74, 6) is -0.665. The summed E-state index contributed by atoms with van der Waals surface area (Å²) in [6.45, 7) is 8.63. The van der Waals surface area contributed by atoms with Crippen molar-refractivity contribution in [2.24, 2.45) is 5.92 Å². The molecule has 1 fully saturated rings. The first-order chi connectivity index (χ1) is 9.92. The number of carboxylic acid groups (broad SMARTS) is 1. The zero-order chi connectivity index (χ0) is 15.6. The minimum absolute atomic E-state index is 0.00676. The molecule has 8 heteroatoms. The number of rotatable bonds is 5. The molecular weight excluding hydrogens is 274 g/mol. The van der Waals surface area contributed by atoms with Crippen molar-refractivity contribution in [1.29, 1.82) is 0 Å². The van der Waals surface area contributed by atoms with E-state index in [2.05, 4.69) is 24.2 Å². The Balaban J connectivity index is 1.90. The maximum absolute atomic E-state index is 12.3. The van der Waals surface area contributed by atoms with Crippen LogP contribution in [0, 0.1) is 5.92 Å². The van der Waals surface area contributed by atoms with Crippen LogP contribution in [0.2, 0.25) is 0 Å². The van der Waals surface area contributed by atoms with Gasteiger partial charge in [-0.2, -0.15) is 0 Å². The molecular formula is C13H21N5O3. The van der Waals surface area contributed by atoms with Crippen molar-refractivity contribution in [3.05, 3.63) is 11.9 Å². The summed E-state index contributed by atoms with van der Waals surface area (Å²) in [6.07, 6.45) is 1.40. The lowest BCUT2D eigenvalue weighted by molar-refractivity contribution is 0.0689. The maximum Gasteiger partial charge on any atom is 0.358 e. The summed E-state index contributed by atoms with van der Waals surface area (Å²) < 4.78 is 1.52. The first kappa shape index (κ1) is 15.3. The van der Waals surface area contributed by atoms with E-state index in [0.29, 0.717) is 25.6 Å². The summed E-state index contributed by atoms with van der Waals surface area (Å²) in [4.78, 5) is 26.6. The number of aromatic nitrogens is 3. The van der Waals surface area contributed by atoms with E-state index in [4.69, 9.17) is 5.11 Å². The molecule has 0 saturated carbocycles. The van der Waals surface area contributed by atoms with Gasteiger partial charge in [-0.1, -0.05) is 19.1 Å². The van der Waals surface area contributed by atoms with Crippen LogP contribution < -0.4 is 0 Å². The van der Waals surface area contributed by atoms with Gasteiger partial charge in [0.2, 0.25) is 0 Å². The largest absolute Gasteiger partial charge is 0.476 e. The molecule has 0 aliphatic carbocycles. The van der Waals surface area contributed by atoms with Crippen LogP contribution in [0.1, 0.15) is 37.3 Å². The second-order valence-electron chi connectivity index (χ2n) is 5.66. The van der Waals surface area contributed by atoms with Crippen molar-refractivity contribution in [2.75, 3.05) is 26.2 Å². The third-order valence-corrected chi connectivity index (χ3v) is 3.47. The van der Waals surface area contributed by atoms with Crippen LogP contribution in [0.25, 0.3) is 0 Å². The van der Waals surface area contributed by atoms with Crippen LogP contribution in [0.3, 0.4) is 0 Å². The molecule has 0 unspecified atom stereocenters. The summed E-state index contributed by atoms with van der Waals surface area (Å²) in [5.41, 5.74) is -0.0743. The van der Waals surface area contributed by atoms with Gasteiger partial charge in [0.05, 0.1) is 12.2 Å². The number of amides is 2. The Morgan fingerprint density at radius 3 is 2.62 bits per heavy atom. The van der Waals surface area contributed by atoms with Gasteiger partial charge in [0.15, 0.2) is 5.69 Å². The van der Waals surface area contributed by atoms with E-state index in [9.17, 15) is 9.59 Å². The quantitative estimate of drug-likeness (QED) is 0.872. The van der Waals surface area contributed by atoms with Crippen molar-refractivity contribution >= 4 is 12.0 Å². The molecule has 1 aliphatic heterocycles. The lowest BCUT2D eigenvalue weighted by Crippen LogP contribution is -2.55. The van der Waals surface area contributed by atoms with E-state index in [1.54, 1.807) is 4.90 Å². The molecule has 1 saturated heterocycles.